The number of benzene rings is 1. The van der Waals surface area contributed by atoms with Gasteiger partial charge in [0.25, 0.3) is 0 Å². The standard InChI is InChI=1S/C14H17N3O2S/c1-8(2)12(15-9(3)18)13(19)17-14-16-10-6-4-5-7-11(10)20-14/h4-8,12H,1-3H3,(H,15,18)(H,16,17,19)/t12-/m0/s1. The van der Waals surface area contributed by atoms with E-state index in [2.05, 4.69) is 15.6 Å². The summed E-state index contributed by atoms with van der Waals surface area (Å²) in [7, 11) is 0. The van der Waals surface area contributed by atoms with Crippen molar-refractivity contribution in [2.75, 3.05) is 5.32 Å². The van der Waals surface area contributed by atoms with Crippen molar-refractivity contribution in [2.24, 2.45) is 5.92 Å². The zero-order chi connectivity index (χ0) is 14.7. The Balaban J connectivity index is 2.14. The number of rotatable bonds is 4. The van der Waals surface area contributed by atoms with Crippen molar-refractivity contribution in [3.05, 3.63) is 24.3 Å². The maximum Gasteiger partial charge on any atom is 0.248 e. The van der Waals surface area contributed by atoms with Crippen LogP contribution in [-0.2, 0) is 9.59 Å². The molecule has 0 aliphatic carbocycles. The van der Waals surface area contributed by atoms with Crippen LogP contribution in [0, 0.1) is 5.92 Å². The molecule has 0 radical (unpaired) electrons. The van der Waals surface area contributed by atoms with Gasteiger partial charge in [-0.05, 0) is 18.1 Å². The van der Waals surface area contributed by atoms with E-state index in [0.717, 1.165) is 10.2 Å². The van der Waals surface area contributed by atoms with Gasteiger partial charge in [0.15, 0.2) is 5.13 Å². The molecular formula is C14H17N3O2S. The second-order valence-corrected chi connectivity index (χ2v) is 5.93. The van der Waals surface area contributed by atoms with Gasteiger partial charge in [-0.25, -0.2) is 4.98 Å². The molecule has 106 valence electrons. The van der Waals surface area contributed by atoms with Gasteiger partial charge in [0, 0.05) is 6.92 Å². The van der Waals surface area contributed by atoms with Gasteiger partial charge in [0.05, 0.1) is 10.2 Å². The Kier molecular flexibility index (Phi) is 4.34. The zero-order valence-corrected chi connectivity index (χ0v) is 12.5. The van der Waals surface area contributed by atoms with Crippen LogP contribution < -0.4 is 10.6 Å². The number of anilines is 1. The molecule has 2 aromatic rings. The second kappa shape index (κ2) is 6.00. The first-order valence-electron chi connectivity index (χ1n) is 6.41. The summed E-state index contributed by atoms with van der Waals surface area (Å²) in [4.78, 5) is 27.7. The van der Waals surface area contributed by atoms with E-state index in [1.165, 1.54) is 18.3 Å². The van der Waals surface area contributed by atoms with E-state index in [1.54, 1.807) is 0 Å². The van der Waals surface area contributed by atoms with E-state index in [9.17, 15) is 9.59 Å². The molecule has 0 aliphatic rings. The fourth-order valence-electron chi connectivity index (χ4n) is 1.86. The van der Waals surface area contributed by atoms with Crippen LogP contribution in [0.3, 0.4) is 0 Å². The molecule has 5 nitrogen and oxygen atoms in total. The lowest BCUT2D eigenvalue weighted by Gasteiger charge is -2.19. The molecule has 1 aromatic carbocycles. The summed E-state index contributed by atoms with van der Waals surface area (Å²) in [6.45, 7) is 5.18. The predicted molar refractivity (Wildman–Crippen MR) is 80.7 cm³/mol. The first-order valence-corrected chi connectivity index (χ1v) is 7.22. The zero-order valence-electron chi connectivity index (χ0n) is 11.6. The summed E-state index contributed by atoms with van der Waals surface area (Å²) in [6.07, 6.45) is 0. The van der Waals surface area contributed by atoms with Crippen LogP contribution in [0.2, 0.25) is 0 Å². The van der Waals surface area contributed by atoms with Crippen LogP contribution in [0.25, 0.3) is 10.2 Å². The fraction of sp³-hybridized carbons (Fsp3) is 0.357. The van der Waals surface area contributed by atoms with E-state index >= 15 is 0 Å². The van der Waals surface area contributed by atoms with Crippen molar-refractivity contribution >= 4 is 38.5 Å². The molecule has 1 heterocycles. The van der Waals surface area contributed by atoms with Crippen molar-refractivity contribution in [1.82, 2.24) is 10.3 Å². The number of carbonyl (C=O) groups excluding carboxylic acids is 2. The molecule has 2 amide bonds. The Morgan fingerprint density at radius 3 is 2.55 bits per heavy atom. The summed E-state index contributed by atoms with van der Waals surface area (Å²) in [5.74, 6) is -0.453. The normalized spacial score (nSPS) is 12.4. The Bertz CT molecular complexity index is 603. The second-order valence-electron chi connectivity index (χ2n) is 4.90. The monoisotopic (exact) mass is 291 g/mol. The number of carbonyl (C=O) groups is 2. The number of fused-ring (bicyclic) bond motifs is 1. The third kappa shape index (κ3) is 3.33. The highest BCUT2D eigenvalue weighted by molar-refractivity contribution is 7.22. The number of amides is 2. The molecule has 1 aromatic heterocycles. The van der Waals surface area contributed by atoms with Gasteiger partial charge in [0.1, 0.15) is 6.04 Å². The SMILES string of the molecule is CC(=O)N[C@H](C(=O)Nc1nc2ccccc2s1)C(C)C. The highest BCUT2D eigenvalue weighted by atomic mass is 32.1. The lowest BCUT2D eigenvalue weighted by Crippen LogP contribution is -2.46. The van der Waals surface area contributed by atoms with Crippen molar-refractivity contribution in [2.45, 2.75) is 26.8 Å². The lowest BCUT2D eigenvalue weighted by molar-refractivity contribution is -0.126. The van der Waals surface area contributed by atoms with Crippen LogP contribution in [-0.4, -0.2) is 22.8 Å². The highest BCUT2D eigenvalue weighted by Gasteiger charge is 2.23. The fourth-order valence-corrected chi connectivity index (χ4v) is 2.73. The van der Waals surface area contributed by atoms with Gasteiger partial charge in [-0.15, -0.1) is 0 Å². The minimum absolute atomic E-state index is 0.00767. The van der Waals surface area contributed by atoms with E-state index in [4.69, 9.17) is 0 Å². The summed E-state index contributed by atoms with van der Waals surface area (Å²) in [5, 5.41) is 5.98. The quantitative estimate of drug-likeness (QED) is 0.908. The first kappa shape index (κ1) is 14.5. The van der Waals surface area contributed by atoms with Crippen LogP contribution >= 0.6 is 11.3 Å². The summed E-state index contributed by atoms with van der Waals surface area (Å²) in [5.41, 5.74) is 0.855. The molecule has 0 saturated carbocycles. The average molecular weight is 291 g/mol. The number of thiazole rings is 1. The molecule has 0 spiro atoms. The van der Waals surface area contributed by atoms with E-state index < -0.39 is 6.04 Å². The molecule has 2 N–H and O–H groups in total. The minimum atomic E-state index is -0.556. The summed E-state index contributed by atoms with van der Waals surface area (Å²) < 4.78 is 1.02. The third-order valence-electron chi connectivity index (χ3n) is 2.83. The lowest BCUT2D eigenvalue weighted by atomic mass is 10.0. The van der Waals surface area contributed by atoms with Gasteiger partial charge in [-0.3, -0.25) is 9.59 Å². The van der Waals surface area contributed by atoms with Crippen LogP contribution in [0.1, 0.15) is 20.8 Å². The third-order valence-corrected chi connectivity index (χ3v) is 3.78. The number of hydrogen-bond donors (Lipinski definition) is 2. The molecular weight excluding hydrogens is 274 g/mol. The number of nitrogens with zero attached hydrogens (tertiary/aromatic N) is 1. The van der Waals surface area contributed by atoms with E-state index in [0.29, 0.717) is 5.13 Å². The Labute approximate surface area is 121 Å². The molecule has 0 bridgehead atoms. The molecule has 0 fully saturated rings. The molecule has 6 heteroatoms. The summed E-state index contributed by atoms with van der Waals surface area (Å²) >= 11 is 1.42. The van der Waals surface area contributed by atoms with E-state index in [-0.39, 0.29) is 17.7 Å². The molecule has 2 rings (SSSR count). The largest absolute Gasteiger partial charge is 0.344 e. The van der Waals surface area contributed by atoms with Crippen LogP contribution in [0.5, 0.6) is 0 Å². The highest BCUT2D eigenvalue weighted by Crippen LogP contribution is 2.25. The van der Waals surface area contributed by atoms with Gasteiger partial charge in [-0.1, -0.05) is 37.3 Å². The molecule has 1 atom stereocenters. The van der Waals surface area contributed by atoms with Gasteiger partial charge in [-0.2, -0.15) is 0 Å². The maximum absolute atomic E-state index is 12.2. The molecule has 0 aliphatic heterocycles. The van der Waals surface area contributed by atoms with Crippen molar-refractivity contribution in [3.63, 3.8) is 0 Å². The molecule has 0 saturated heterocycles. The molecule has 20 heavy (non-hydrogen) atoms. The minimum Gasteiger partial charge on any atom is -0.344 e. The Hall–Kier alpha value is -1.95. The molecule has 0 unspecified atom stereocenters. The number of para-hydroxylation sites is 1. The number of hydrogen-bond acceptors (Lipinski definition) is 4. The maximum atomic E-state index is 12.2. The van der Waals surface area contributed by atoms with Crippen molar-refractivity contribution < 1.29 is 9.59 Å². The number of nitrogens with one attached hydrogen (secondary N) is 2. The van der Waals surface area contributed by atoms with Gasteiger partial charge < -0.3 is 10.6 Å². The van der Waals surface area contributed by atoms with Crippen molar-refractivity contribution in [3.8, 4) is 0 Å². The Morgan fingerprint density at radius 2 is 1.95 bits per heavy atom. The Morgan fingerprint density at radius 1 is 1.25 bits per heavy atom. The topological polar surface area (TPSA) is 71.1 Å². The van der Waals surface area contributed by atoms with Crippen LogP contribution in [0.4, 0.5) is 5.13 Å². The smallest absolute Gasteiger partial charge is 0.248 e. The van der Waals surface area contributed by atoms with E-state index in [1.807, 2.05) is 38.1 Å². The predicted octanol–water partition coefficient (Wildman–Crippen LogP) is 2.40. The van der Waals surface area contributed by atoms with Gasteiger partial charge >= 0.3 is 0 Å². The first-order chi connectivity index (χ1) is 9.47. The number of aromatic nitrogens is 1. The average Bonchev–Trinajstić information content (AvgIpc) is 2.77. The van der Waals surface area contributed by atoms with Crippen LogP contribution in [0.15, 0.2) is 24.3 Å². The van der Waals surface area contributed by atoms with Gasteiger partial charge in [0.2, 0.25) is 11.8 Å². The summed E-state index contributed by atoms with van der Waals surface area (Å²) in [6, 6.07) is 7.13. The van der Waals surface area contributed by atoms with Crippen molar-refractivity contribution in [1.29, 1.82) is 0 Å².